The van der Waals surface area contributed by atoms with Gasteiger partial charge in [0, 0.05) is 18.1 Å². The minimum absolute atomic E-state index is 0.0691. The summed E-state index contributed by atoms with van der Waals surface area (Å²) in [4.78, 5) is 35.1. The van der Waals surface area contributed by atoms with Gasteiger partial charge in [-0.1, -0.05) is 55.6 Å². The smallest absolute Gasteiger partial charge is 0.335 e. The van der Waals surface area contributed by atoms with Gasteiger partial charge in [-0.3, -0.25) is 4.79 Å². The van der Waals surface area contributed by atoms with Crippen LogP contribution < -0.4 is 9.47 Å². The number of ketones is 1. The van der Waals surface area contributed by atoms with E-state index in [1.807, 2.05) is 48.5 Å². The fourth-order valence-electron chi connectivity index (χ4n) is 4.07. The summed E-state index contributed by atoms with van der Waals surface area (Å²) in [6, 6.07) is 22.8. The molecular weight excluding hydrogens is 572 g/mol. The van der Waals surface area contributed by atoms with Crippen LogP contribution in [0.3, 0.4) is 0 Å². The van der Waals surface area contributed by atoms with Gasteiger partial charge in [-0.05, 0) is 84.8 Å². The zero-order chi connectivity index (χ0) is 32.3. The van der Waals surface area contributed by atoms with Crippen LogP contribution in [0.2, 0.25) is 0 Å². The van der Waals surface area contributed by atoms with Crippen LogP contribution in [0, 0.1) is 0 Å². The van der Waals surface area contributed by atoms with E-state index in [-0.39, 0.29) is 24.6 Å². The first-order chi connectivity index (χ1) is 21.9. The van der Waals surface area contributed by atoms with Gasteiger partial charge in [-0.15, -0.1) is 0 Å². The van der Waals surface area contributed by atoms with E-state index in [0.29, 0.717) is 37.6 Å². The summed E-state index contributed by atoms with van der Waals surface area (Å²) in [7, 11) is 0. The predicted molar refractivity (Wildman–Crippen MR) is 174 cm³/mol. The van der Waals surface area contributed by atoms with Crippen LogP contribution in [0.1, 0.15) is 48.0 Å². The van der Waals surface area contributed by atoms with Crippen molar-refractivity contribution in [1.82, 2.24) is 0 Å². The summed E-state index contributed by atoms with van der Waals surface area (Å²) >= 11 is 0. The minimum Gasteiger partial charge on any atom is -0.494 e. The standard InChI is InChI=1S/C37H40O8/c1-3-36(40)44-26-8-25-43-34-20-16-32(17-21-34)35(39)22-11-29-9-12-30(13-10-29)31-14-18-33(19-15-31)42-23-6-4-5-7-24-45-37(41)28(2)27-38/h3,9-22,38H,1-2,4-8,23-27H2/b22-11+. The second-order valence-corrected chi connectivity index (χ2v) is 10.1. The number of rotatable bonds is 20. The normalized spacial score (nSPS) is 10.7. The maximum Gasteiger partial charge on any atom is 0.335 e. The number of carbonyl (C=O) groups is 3. The summed E-state index contributed by atoms with van der Waals surface area (Å²) in [6.07, 6.45) is 8.56. The molecule has 1 N–H and O–H groups in total. The lowest BCUT2D eigenvalue weighted by Crippen LogP contribution is -2.10. The Kier molecular flexibility index (Phi) is 14.9. The second kappa shape index (κ2) is 19.4. The Morgan fingerprint density at radius 2 is 1.20 bits per heavy atom. The zero-order valence-electron chi connectivity index (χ0n) is 25.5. The first kappa shape index (κ1) is 34.5. The summed E-state index contributed by atoms with van der Waals surface area (Å²) in [5, 5.41) is 8.85. The number of hydrogen-bond acceptors (Lipinski definition) is 8. The molecule has 236 valence electrons. The molecule has 0 aliphatic rings. The van der Waals surface area contributed by atoms with E-state index < -0.39 is 11.9 Å². The molecule has 0 heterocycles. The van der Waals surface area contributed by atoms with Crippen molar-refractivity contribution in [3.8, 4) is 22.6 Å². The van der Waals surface area contributed by atoms with E-state index in [4.69, 9.17) is 24.1 Å². The average Bonchev–Trinajstić information content (AvgIpc) is 3.08. The van der Waals surface area contributed by atoms with E-state index in [9.17, 15) is 14.4 Å². The third-order valence-electron chi connectivity index (χ3n) is 6.65. The highest BCUT2D eigenvalue weighted by Gasteiger charge is 2.07. The first-order valence-electron chi connectivity index (χ1n) is 14.9. The first-order valence-corrected chi connectivity index (χ1v) is 14.9. The van der Waals surface area contributed by atoms with E-state index in [1.54, 1.807) is 36.4 Å². The lowest BCUT2D eigenvalue weighted by Gasteiger charge is -2.08. The molecule has 0 aliphatic heterocycles. The molecule has 3 aromatic carbocycles. The van der Waals surface area contributed by atoms with Crippen LogP contribution in [0.25, 0.3) is 17.2 Å². The lowest BCUT2D eigenvalue weighted by molar-refractivity contribution is -0.140. The molecule has 0 aliphatic carbocycles. The predicted octanol–water partition coefficient (Wildman–Crippen LogP) is 6.78. The molecule has 0 saturated carbocycles. The van der Waals surface area contributed by atoms with Crippen LogP contribution in [-0.2, 0) is 19.1 Å². The Balaban J connectivity index is 1.35. The van der Waals surface area contributed by atoms with Crippen molar-refractivity contribution in [2.45, 2.75) is 32.1 Å². The molecule has 3 aromatic rings. The summed E-state index contributed by atoms with van der Waals surface area (Å²) in [5.74, 6) is 0.332. The van der Waals surface area contributed by atoms with Crippen molar-refractivity contribution >= 4 is 23.8 Å². The van der Waals surface area contributed by atoms with E-state index in [0.717, 1.165) is 54.2 Å². The molecule has 0 aromatic heterocycles. The molecular formula is C37H40O8. The molecule has 3 rings (SSSR count). The monoisotopic (exact) mass is 612 g/mol. The van der Waals surface area contributed by atoms with E-state index in [2.05, 4.69) is 13.2 Å². The minimum atomic E-state index is -0.546. The van der Waals surface area contributed by atoms with Crippen molar-refractivity contribution in [2.75, 3.05) is 33.0 Å². The molecule has 0 fully saturated rings. The molecule has 8 nitrogen and oxygen atoms in total. The molecule has 0 unspecified atom stereocenters. The molecule has 0 saturated heterocycles. The van der Waals surface area contributed by atoms with Gasteiger partial charge in [-0.25, -0.2) is 9.59 Å². The van der Waals surface area contributed by atoms with Gasteiger partial charge in [-0.2, -0.15) is 0 Å². The number of esters is 2. The van der Waals surface area contributed by atoms with Crippen LogP contribution in [0.15, 0.2) is 104 Å². The van der Waals surface area contributed by atoms with Crippen molar-refractivity contribution < 1.29 is 38.4 Å². The molecule has 0 spiro atoms. The van der Waals surface area contributed by atoms with Gasteiger partial charge >= 0.3 is 11.9 Å². The van der Waals surface area contributed by atoms with Crippen molar-refractivity contribution in [3.05, 3.63) is 115 Å². The number of ether oxygens (including phenoxy) is 4. The fourth-order valence-corrected chi connectivity index (χ4v) is 4.07. The van der Waals surface area contributed by atoms with Gasteiger partial charge in [0.15, 0.2) is 5.78 Å². The Labute approximate surface area is 264 Å². The average molecular weight is 613 g/mol. The fraction of sp³-hybridized carbons (Fsp3) is 0.270. The highest BCUT2D eigenvalue weighted by atomic mass is 16.5. The molecule has 0 atom stereocenters. The molecule has 0 amide bonds. The van der Waals surface area contributed by atoms with Gasteiger partial charge in [0.05, 0.1) is 38.6 Å². The van der Waals surface area contributed by atoms with Crippen molar-refractivity contribution in [2.24, 2.45) is 0 Å². The number of allylic oxidation sites excluding steroid dienone is 1. The number of carbonyl (C=O) groups excluding carboxylic acids is 3. The number of unbranched alkanes of at least 4 members (excludes halogenated alkanes) is 3. The van der Waals surface area contributed by atoms with E-state index >= 15 is 0 Å². The van der Waals surface area contributed by atoms with Crippen LogP contribution in [-0.4, -0.2) is 55.9 Å². The Morgan fingerprint density at radius 1 is 0.667 bits per heavy atom. The summed E-state index contributed by atoms with van der Waals surface area (Å²) in [5.41, 5.74) is 3.66. The molecule has 45 heavy (non-hydrogen) atoms. The van der Waals surface area contributed by atoms with E-state index in [1.165, 1.54) is 0 Å². The summed E-state index contributed by atoms with van der Waals surface area (Å²) < 4.78 is 21.4. The third-order valence-corrected chi connectivity index (χ3v) is 6.65. The van der Waals surface area contributed by atoms with Gasteiger partial charge in [0.2, 0.25) is 0 Å². The maximum atomic E-state index is 12.6. The zero-order valence-corrected chi connectivity index (χ0v) is 25.5. The highest BCUT2D eigenvalue weighted by Crippen LogP contribution is 2.23. The third kappa shape index (κ3) is 12.7. The van der Waals surface area contributed by atoms with Crippen molar-refractivity contribution in [1.29, 1.82) is 0 Å². The Morgan fingerprint density at radius 3 is 1.80 bits per heavy atom. The quantitative estimate of drug-likeness (QED) is 0.0644. The number of aliphatic hydroxyl groups is 1. The topological polar surface area (TPSA) is 108 Å². The number of hydrogen-bond donors (Lipinski definition) is 1. The van der Waals surface area contributed by atoms with Crippen LogP contribution >= 0.6 is 0 Å². The van der Waals surface area contributed by atoms with Gasteiger partial charge in [0.1, 0.15) is 11.5 Å². The lowest BCUT2D eigenvalue weighted by atomic mass is 10.0. The second-order valence-electron chi connectivity index (χ2n) is 10.1. The SMILES string of the molecule is C=CC(=O)OCCCOc1ccc(C(=O)/C=C/c2ccc(-c3ccc(OCCCCCCOC(=O)C(=C)CO)cc3)cc2)cc1. The number of benzene rings is 3. The van der Waals surface area contributed by atoms with Crippen LogP contribution in [0.5, 0.6) is 11.5 Å². The number of aliphatic hydroxyl groups excluding tert-OH is 1. The van der Waals surface area contributed by atoms with Gasteiger partial charge in [0.25, 0.3) is 0 Å². The van der Waals surface area contributed by atoms with Crippen molar-refractivity contribution in [3.63, 3.8) is 0 Å². The largest absolute Gasteiger partial charge is 0.494 e. The molecule has 0 radical (unpaired) electrons. The summed E-state index contributed by atoms with van der Waals surface area (Å²) in [6.45, 7) is 7.97. The van der Waals surface area contributed by atoms with Gasteiger partial charge < -0.3 is 24.1 Å². The highest BCUT2D eigenvalue weighted by molar-refractivity contribution is 6.06. The maximum absolute atomic E-state index is 12.6. The Hall–Kier alpha value is -4.95. The molecule has 8 heteroatoms. The van der Waals surface area contributed by atoms with Crippen LogP contribution in [0.4, 0.5) is 0 Å². The Bertz CT molecular complexity index is 1420. The molecule has 0 bridgehead atoms.